The van der Waals surface area contributed by atoms with E-state index in [-0.39, 0.29) is 9.37 Å². The average Bonchev–Trinajstić information content (AvgIpc) is 2.28. The molecule has 0 spiro atoms. The SMILES string of the molecule is CC(C)(C)OC(=O)N(C(=O)O)c1c(F)cc(Br)cc1[N+](=O)[O-]. The number of amides is 2. The zero-order valence-corrected chi connectivity index (χ0v) is 13.4. The Balaban J connectivity index is 3.49. The first-order chi connectivity index (χ1) is 9.94. The molecule has 0 atom stereocenters. The molecule has 0 aliphatic carbocycles. The maximum absolute atomic E-state index is 14.0. The van der Waals surface area contributed by atoms with E-state index >= 15 is 0 Å². The summed E-state index contributed by atoms with van der Waals surface area (Å²) in [6.45, 7) is 4.41. The smallest absolute Gasteiger partial charge is 0.424 e. The summed E-state index contributed by atoms with van der Waals surface area (Å²) in [4.78, 5) is 33.1. The third kappa shape index (κ3) is 4.13. The standard InChI is InChI=1S/C12H12BrFN2O6/c1-12(2,3)22-11(19)15(10(17)18)9-7(14)4-6(13)5-8(9)16(20)21/h4-5H,1-3H3,(H,17,18). The summed E-state index contributed by atoms with van der Waals surface area (Å²) >= 11 is 2.86. The lowest BCUT2D eigenvalue weighted by Gasteiger charge is -2.24. The van der Waals surface area contributed by atoms with Crippen molar-refractivity contribution in [2.45, 2.75) is 26.4 Å². The van der Waals surface area contributed by atoms with Crippen molar-refractivity contribution in [2.24, 2.45) is 0 Å². The number of nitrogens with zero attached hydrogens (tertiary/aromatic N) is 2. The van der Waals surface area contributed by atoms with Gasteiger partial charge in [-0.3, -0.25) is 10.1 Å². The molecule has 8 nitrogen and oxygen atoms in total. The van der Waals surface area contributed by atoms with Crippen LogP contribution in [0.2, 0.25) is 0 Å². The third-order valence-corrected chi connectivity index (χ3v) is 2.65. The molecule has 120 valence electrons. The number of hydrogen-bond acceptors (Lipinski definition) is 5. The molecule has 10 heteroatoms. The summed E-state index contributed by atoms with van der Waals surface area (Å²) in [5.74, 6) is -1.26. The second kappa shape index (κ2) is 6.26. The van der Waals surface area contributed by atoms with Gasteiger partial charge in [0.25, 0.3) is 5.69 Å². The van der Waals surface area contributed by atoms with Gasteiger partial charge in [-0.25, -0.2) is 14.0 Å². The number of anilines is 1. The van der Waals surface area contributed by atoms with E-state index in [0.717, 1.165) is 12.1 Å². The van der Waals surface area contributed by atoms with Gasteiger partial charge in [-0.2, -0.15) is 4.90 Å². The second-order valence-corrected chi connectivity index (χ2v) is 6.03. The Bertz CT molecular complexity index is 643. The average molecular weight is 379 g/mol. The first-order valence-electron chi connectivity index (χ1n) is 5.83. The van der Waals surface area contributed by atoms with Crippen molar-refractivity contribution in [1.82, 2.24) is 0 Å². The molecule has 1 N–H and O–H groups in total. The molecular weight excluding hydrogens is 367 g/mol. The molecular formula is C12H12BrFN2O6. The van der Waals surface area contributed by atoms with E-state index in [0.29, 0.717) is 0 Å². The molecule has 0 aromatic heterocycles. The lowest BCUT2D eigenvalue weighted by molar-refractivity contribution is -0.384. The van der Waals surface area contributed by atoms with Gasteiger partial charge in [-0.15, -0.1) is 0 Å². The van der Waals surface area contributed by atoms with Crippen LogP contribution >= 0.6 is 15.9 Å². The predicted molar refractivity (Wildman–Crippen MR) is 77.5 cm³/mol. The fourth-order valence-electron chi connectivity index (χ4n) is 1.49. The maximum Gasteiger partial charge on any atom is 0.424 e. The molecule has 0 fully saturated rings. The van der Waals surface area contributed by atoms with Crippen LogP contribution in [0.3, 0.4) is 0 Å². The van der Waals surface area contributed by atoms with Crippen LogP contribution in [0.4, 0.5) is 25.4 Å². The van der Waals surface area contributed by atoms with E-state index < -0.39 is 39.9 Å². The number of hydrogen-bond donors (Lipinski definition) is 1. The summed E-state index contributed by atoms with van der Waals surface area (Å²) in [5, 5.41) is 20.1. The number of nitro groups is 1. The van der Waals surface area contributed by atoms with Gasteiger partial charge in [0.2, 0.25) is 0 Å². The lowest BCUT2D eigenvalue weighted by atomic mass is 10.2. The van der Waals surface area contributed by atoms with Crippen molar-refractivity contribution in [1.29, 1.82) is 0 Å². The minimum absolute atomic E-state index is 0.0231. The lowest BCUT2D eigenvalue weighted by Crippen LogP contribution is -2.41. The topological polar surface area (TPSA) is 110 Å². The summed E-state index contributed by atoms with van der Waals surface area (Å²) in [6, 6.07) is 1.70. The van der Waals surface area contributed by atoms with Crippen molar-refractivity contribution in [3.63, 3.8) is 0 Å². The first-order valence-corrected chi connectivity index (χ1v) is 6.63. The third-order valence-electron chi connectivity index (χ3n) is 2.20. The van der Waals surface area contributed by atoms with Gasteiger partial charge in [0.1, 0.15) is 5.60 Å². The second-order valence-electron chi connectivity index (χ2n) is 5.11. The van der Waals surface area contributed by atoms with E-state index in [1.54, 1.807) is 0 Å². The van der Waals surface area contributed by atoms with Crippen LogP contribution in [-0.2, 0) is 4.74 Å². The minimum Gasteiger partial charge on any atom is -0.464 e. The quantitative estimate of drug-likeness (QED) is 0.616. The Labute approximate surface area is 132 Å². The number of benzene rings is 1. The molecule has 0 aliphatic rings. The van der Waals surface area contributed by atoms with Crippen LogP contribution in [0.1, 0.15) is 20.8 Å². The van der Waals surface area contributed by atoms with E-state index in [9.17, 15) is 24.1 Å². The molecule has 0 radical (unpaired) electrons. The molecule has 0 saturated heterocycles. The van der Waals surface area contributed by atoms with Gasteiger partial charge in [0.05, 0.1) is 4.92 Å². The number of nitro benzene ring substituents is 1. The number of rotatable bonds is 2. The van der Waals surface area contributed by atoms with Crippen LogP contribution in [0.25, 0.3) is 0 Å². The Kier molecular flexibility index (Phi) is 5.07. The van der Waals surface area contributed by atoms with Gasteiger partial charge in [0.15, 0.2) is 11.5 Å². The van der Waals surface area contributed by atoms with Crippen molar-refractivity contribution in [3.8, 4) is 0 Å². The highest BCUT2D eigenvalue weighted by atomic mass is 79.9. The van der Waals surface area contributed by atoms with Crippen LogP contribution in [0, 0.1) is 15.9 Å². The van der Waals surface area contributed by atoms with E-state index in [1.807, 2.05) is 0 Å². The zero-order valence-electron chi connectivity index (χ0n) is 11.8. The fourth-order valence-corrected chi connectivity index (χ4v) is 1.90. The number of imide groups is 1. The Morgan fingerprint density at radius 1 is 1.41 bits per heavy atom. The predicted octanol–water partition coefficient (Wildman–Crippen LogP) is 3.92. The summed E-state index contributed by atoms with van der Waals surface area (Å²) in [6.07, 6.45) is -3.34. The Hall–Kier alpha value is -2.23. The zero-order chi connectivity index (χ0) is 17.2. The number of carboxylic acid groups (broad SMARTS) is 1. The Morgan fingerprint density at radius 3 is 2.36 bits per heavy atom. The molecule has 0 bridgehead atoms. The number of ether oxygens (including phenoxy) is 1. The number of carbonyl (C=O) groups excluding carboxylic acids is 1. The van der Waals surface area contributed by atoms with Crippen LogP contribution in [-0.4, -0.2) is 27.8 Å². The van der Waals surface area contributed by atoms with Crippen LogP contribution in [0.15, 0.2) is 16.6 Å². The van der Waals surface area contributed by atoms with E-state index in [2.05, 4.69) is 15.9 Å². The number of halogens is 2. The van der Waals surface area contributed by atoms with Crippen molar-refractivity contribution in [3.05, 3.63) is 32.5 Å². The van der Waals surface area contributed by atoms with E-state index in [4.69, 9.17) is 9.84 Å². The number of carbonyl (C=O) groups is 2. The highest BCUT2D eigenvalue weighted by molar-refractivity contribution is 9.10. The fraction of sp³-hybridized carbons (Fsp3) is 0.333. The largest absolute Gasteiger partial charge is 0.464 e. The van der Waals surface area contributed by atoms with Gasteiger partial charge in [-0.05, 0) is 26.8 Å². The van der Waals surface area contributed by atoms with Crippen molar-refractivity contribution in [2.75, 3.05) is 4.90 Å². The molecule has 0 saturated carbocycles. The van der Waals surface area contributed by atoms with Gasteiger partial charge in [0, 0.05) is 10.5 Å². The van der Waals surface area contributed by atoms with Crippen molar-refractivity contribution < 1.29 is 28.7 Å². The normalized spacial score (nSPS) is 11.0. The molecule has 2 amide bonds. The van der Waals surface area contributed by atoms with Gasteiger partial charge in [-0.1, -0.05) is 15.9 Å². The summed E-state index contributed by atoms with van der Waals surface area (Å²) in [7, 11) is 0. The monoisotopic (exact) mass is 378 g/mol. The molecule has 22 heavy (non-hydrogen) atoms. The molecule has 0 heterocycles. The molecule has 1 aromatic rings. The van der Waals surface area contributed by atoms with Gasteiger partial charge < -0.3 is 9.84 Å². The molecule has 0 aliphatic heterocycles. The minimum atomic E-state index is -1.90. The summed E-state index contributed by atoms with van der Waals surface area (Å²) < 4.78 is 18.9. The molecule has 0 unspecified atom stereocenters. The summed E-state index contributed by atoms with van der Waals surface area (Å²) in [5.41, 5.74) is -2.96. The van der Waals surface area contributed by atoms with E-state index in [1.165, 1.54) is 20.8 Å². The van der Waals surface area contributed by atoms with Crippen LogP contribution < -0.4 is 4.90 Å². The first kappa shape index (κ1) is 17.8. The van der Waals surface area contributed by atoms with Crippen molar-refractivity contribution >= 4 is 39.5 Å². The highest BCUT2D eigenvalue weighted by Gasteiger charge is 2.36. The van der Waals surface area contributed by atoms with Gasteiger partial charge >= 0.3 is 12.2 Å². The molecule has 1 aromatic carbocycles. The maximum atomic E-state index is 14.0. The highest BCUT2D eigenvalue weighted by Crippen LogP contribution is 2.35. The molecule has 1 rings (SSSR count). The Morgan fingerprint density at radius 2 is 1.95 bits per heavy atom. The van der Waals surface area contributed by atoms with Crippen LogP contribution in [0.5, 0.6) is 0 Å².